The lowest BCUT2D eigenvalue weighted by Crippen LogP contribution is -2.28. The molecule has 2 rings (SSSR count). The molecular weight excluding hydrogens is 255 g/mol. The molecule has 2 nitrogen and oxygen atoms in total. The number of methoxy groups -OCH3 is 1. The van der Waals surface area contributed by atoms with Crippen LogP contribution < -0.4 is 10.5 Å². The first-order valence-electron chi connectivity index (χ1n) is 5.81. The van der Waals surface area contributed by atoms with Gasteiger partial charge in [0.25, 0.3) is 0 Å². The zero-order valence-electron chi connectivity index (χ0n) is 10.4. The van der Waals surface area contributed by atoms with Crippen LogP contribution >= 0.6 is 0 Å². The molecule has 102 valence electrons. The van der Waals surface area contributed by atoms with E-state index in [2.05, 4.69) is 0 Å². The summed E-state index contributed by atoms with van der Waals surface area (Å²) in [6, 6.07) is 10.2. The van der Waals surface area contributed by atoms with Gasteiger partial charge in [0.1, 0.15) is 5.75 Å². The highest BCUT2D eigenvalue weighted by molar-refractivity contribution is 5.88. The van der Waals surface area contributed by atoms with E-state index in [1.807, 2.05) is 0 Å². The van der Waals surface area contributed by atoms with Crippen molar-refractivity contribution in [3.8, 4) is 5.75 Å². The summed E-state index contributed by atoms with van der Waals surface area (Å²) in [5.74, 6) is -1.51. The van der Waals surface area contributed by atoms with Crippen molar-refractivity contribution in [3.63, 3.8) is 0 Å². The van der Waals surface area contributed by atoms with Gasteiger partial charge >= 0.3 is 6.18 Å². The third-order valence-corrected chi connectivity index (χ3v) is 3.13. The molecule has 0 aliphatic heterocycles. The van der Waals surface area contributed by atoms with E-state index in [9.17, 15) is 13.2 Å². The zero-order chi connectivity index (χ0) is 14.0. The second kappa shape index (κ2) is 5.09. The lowest BCUT2D eigenvalue weighted by Gasteiger charge is -2.22. The summed E-state index contributed by atoms with van der Waals surface area (Å²) in [6.07, 6.45) is -4.40. The summed E-state index contributed by atoms with van der Waals surface area (Å²) in [7, 11) is 1.36. The lowest BCUT2D eigenvalue weighted by molar-refractivity contribution is -0.148. The number of halogens is 3. The predicted octanol–water partition coefficient (Wildman–Crippen LogP) is 3.45. The highest BCUT2D eigenvalue weighted by atomic mass is 19.4. The molecule has 0 radical (unpaired) electrons. The Morgan fingerprint density at radius 1 is 1.16 bits per heavy atom. The summed E-state index contributed by atoms with van der Waals surface area (Å²) >= 11 is 0. The van der Waals surface area contributed by atoms with E-state index < -0.39 is 18.6 Å². The molecule has 5 heteroatoms. The van der Waals surface area contributed by atoms with Gasteiger partial charge in [-0.25, -0.2) is 0 Å². The van der Waals surface area contributed by atoms with Gasteiger partial charge in [0.2, 0.25) is 0 Å². The van der Waals surface area contributed by atoms with E-state index in [1.54, 1.807) is 36.4 Å². The Balaban J connectivity index is 2.74. The fourth-order valence-electron chi connectivity index (χ4n) is 2.23. The molecule has 0 spiro atoms. The summed E-state index contributed by atoms with van der Waals surface area (Å²) in [5.41, 5.74) is 5.44. The third-order valence-electron chi connectivity index (χ3n) is 3.13. The smallest absolute Gasteiger partial charge is 0.397 e. The zero-order valence-corrected chi connectivity index (χ0v) is 10.4. The van der Waals surface area contributed by atoms with Crippen molar-refractivity contribution in [2.24, 2.45) is 5.73 Å². The Kier molecular flexibility index (Phi) is 3.66. The molecule has 0 heterocycles. The predicted molar refractivity (Wildman–Crippen MR) is 68.4 cm³/mol. The molecular formula is C14H14F3NO. The van der Waals surface area contributed by atoms with Crippen molar-refractivity contribution >= 4 is 10.8 Å². The van der Waals surface area contributed by atoms with E-state index in [-0.39, 0.29) is 11.3 Å². The van der Waals surface area contributed by atoms with Crippen molar-refractivity contribution in [2.45, 2.75) is 12.1 Å². The molecule has 0 aliphatic rings. The Morgan fingerprint density at radius 2 is 1.84 bits per heavy atom. The molecule has 19 heavy (non-hydrogen) atoms. The molecule has 0 amide bonds. The standard InChI is InChI=1S/C14H14F3NO/c1-19-12-7-6-9-4-2-3-5-10(9)13(12)11(8-18)14(15,16)17/h2-7,11H,8,18H2,1H3. The normalized spacial score (nSPS) is 13.5. The Labute approximate surface area is 109 Å². The number of hydrogen-bond acceptors (Lipinski definition) is 2. The highest BCUT2D eigenvalue weighted by Gasteiger charge is 2.42. The van der Waals surface area contributed by atoms with Crippen LogP contribution in [0.25, 0.3) is 10.8 Å². The van der Waals surface area contributed by atoms with Gasteiger partial charge in [-0.3, -0.25) is 0 Å². The van der Waals surface area contributed by atoms with Crippen molar-refractivity contribution in [3.05, 3.63) is 42.0 Å². The number of fused-ring (bicyclic) bond motifs is 1. The quantitative estimate of drug-likeness (QED) is 0.926. The van der Waals surface area contributed by atoms with Gasteiger partial charge in [-0.05, 0) is 16.8 Å². The average molecular weight is 269 g/mol. The molecule has 0 aromatic heterocycles. The minimum atomic E-state index is -4.40. The van der Waals surface area contributed by atoms with Crippen LogP contribution in [0.5, 0.6) is 5.75 Å². The summed E-state index contributed by atoms with van der Waals surface area (Å²) < 4.78 is 44.4. The number of nitrogens with two attached hydrogens (primary N) is 1. The summed E-state index contributed by atoms with van der Waals surface area (Å²) in [6.45, 7) is -0.506. The number of ether oxygens (including phenoxy) is 1. The van der Waals surface area contributed by atoms with Crippen LogP contribution in [-0.4, -0.2) is 19.8 Å². The first-order valence-corrected chi connectivity index (χ1v) is 5.81. The molecule has 1 atom stereocenters. The van der Waals surface area contributed by atoms with Crippen molar-refractivity contribution < 1.29 is 17.9 Å². The van der Waals surface area contributed by atoms with Crippen LogP contribution in [0.3, 0.4) is 0 Å². The molecule has 1 unspecified atom stereocenters. The molecule has 0 bridgehead atoms. The monoisotopic (exact) mass is 269 g/mol. The Hall–Kier alpha value is -1.75. The maximum Gasteiger partial charge on any atom is 0.397 e. The van der Waals surface area contributed by atoms with E-state index in [0.29, 0.717) is 5.39 Å². The van der Waals surface area contributed by atoms with Crippen molar-refractivity contribution in [2.75, 3.05) is 13.7 Å². The molecule has 0 fully saturated rings. The van der Waals surface area contributed by atoms with Gasteiger partial charge in [0.15, 0.2) is 0 Å². The number of hydrogen-bond donors (Lipinski definition) is 1. The molecule has 2 aromatic rings. The van der Waals surface area contributed by atoms with Gasteiger partial charge < -0.3 is 10.5 Å². The minimum Gasteiger partial charge on any atom is -0.496 e. The topological polar surface area (TPSA) is 35.2 Å². The summed E-state index contributed by atoms with van der Waals surface area (Å²) in [4.78, 5) is 0. The molecule has 2 N–H and O–H groups in total. The fraction of sp³-hybridized carbons (Fsp3) is 0.286. The van der Waals surface area contributed by atoms with Gasteiger partial charge in [-0.15, -0.1) is 0 Å². The van der Waals surface area contributed by atoms with Gasteiger partial charge in [0.05, 0.1) is 13.0 Å². The first-order chi connectivity index (χ1) is 8.99. The lowest BCUT2D eigenvalue weighted by atomic mass is 9.92. The van der Waals surface area contributed by atoms with Gasteiger partial charge in [-0.1, -0.05) is 30.3 Å². The minimum absolute atomic E-state index is 0.107. The largest absolute Gasteiger partial charge is 0.496 e. The average Bonchev–Trinajstić information content (AvgIpc) is 2.38. The molecule has 0 saturated heterocycles. The fourth-order valence-corrected chi connectivity index (χ4v) is 2.23. The van der Waals surface area contributed by atoms with Crippen LogP contribution in [0.1, 0.15) is 11.5 Å². The molecule has 2 aromatic carbocycles. The maximum atomic E-state index is 13.1. The first kappa shape index (κ1) is 13.7. The number of benzene rings is 2. The van der Waals surface area contributed by atoms with Crippen LogP contribution in [0, 0.1) is 0 Å². The van der Waals surface area contributed by atoms with Crippen molar-refractivity contribution in [1.82, 2.24) is 0 Å². The molecule has 0 saturated carbocycles. The SMILES string of the molecule is COc1ccc2ccccc2c1C(CN)C(F)(F)F. The van der Waals surface area contributed by atoms with Gasteiger partial charge in [0, 0.05) is 12.1 Å². The summed E-state index contributed by atoms with van der Waals surface area (Å²) in [5, 5.41) is 1.26. The highest BCUT2D eigenvalue weighted by Crippen LogP contribution is 2.42. The number of alkyl halides is 3. The second-order valence-corrected chi connectivity index (χ2v) is 4.23. The third kappa shape index (κ3) is 2.51. The second-order valence-electron chi connectivity index (χ2n) is 4.23. The van der Waals surface area contributed by atoms with Crippen LogP contribution in [0.4, 0.5) is 13.2 Å². The van der Waals surface area contributed by atoms with Crippen LogP contribution in [0.2, 0.25) is 0 Å². The maximum absolute atomic E-state index is 13.1. The van der Waals surface area contributed by atoms with E-state index in [0.717, 1.165) is 5.39 Å². The van der Waals surface area contributed by atoms with E-state index in [1.165, 1.54) is 7.11 Å². The Morgan fingerprint density at radius 3 is 2.42 bits per heavy atom. The van der Waals surface area contributed by atoms with E-state index >= 15 is 0 Å². The van der Waals surface area contributed by atoms with Gasteiger partial charge in [-0.2, -0.15) is 13.2 Å². The molecule has 0 aliphatic carbocycles. The van der Waals surface area contributed by atoms with E-state index in [4.69, 9.17) is 10.5 Å². The van der Waals surface area contributed by atoms with Crippen molar-refractivity contribution in [1.29, 1.82) is 0 Å². The Bertz CT molecular complexity index is 580. The van der Waals surface area contributed by atoms with Crippen LogP contribution in [0.15, 0.2) is 36.4 Å². The number of rotatable bonds is 3. The van der Waals surface area contributed by atoms with Crippen LogP contribution in [-0.2, 0) is 0 Å².